The molecule has 0 aliphatic heterocycles. The van der Waals surface area contributed by atoms with Crippen LogP contribution in [0.3, 0.4) is 0 Å². The lowest BCUT2D eigenvalue weighted by atomic mass is 9.81. The fourth-order valence-corrected chi connectivity index (χ4v) is 4.24. The number of nitrogens with one attached hydrogen (secondary N) is 1. The summed E-state index contributed by atoms with van der Waals surface area (Å²) in [5.74, 6) is -0.544. The third-order valence-corrected chi connectivity index (χ3v) is 6.36. The van der Waals surface area contributed by atoms with E-state index in [1.807, 2.05) is 13.0 Å². The summed E-state index contributed by atoms with van der Waals surface area (Å²) in [5.41, 5.74) is -3.71. The number of hydrogen-bond acceptors (Lipinski definition) is 3. The van der Waals surface area contributed by atoms with E-state index in [1.54, 1.807) is 37.2 Å². The smallest absolute Gasteiger partial charge is 0.362 e. The summed E-state index contributed by atoms with van der Waals surface area (Å²) in [6.07, 6.45) is -10.1. The predicted octanol–water partition coefficient (Wildman–Crippen LogP) is 6.39. The number of carbonyl (C=O) groups excluding carboxylic acids is 1. The molecule has 38 heavy (non-hydrogen) atoms. The highest BCUT2D eigenvalue weighted by Crippen LogP contribution is 2.42. The molecule has 0 bridgehead atoms. The van der Waals surface area contributed by atoms with Gasteiger partial charge in [0.05, 0.1) is 22.2 Å². The maximum Gasteiger partial charge on any atom is 0.416 e. The van der Waals surface area contributed by atoms with Gasteiger partial charge in [-0.2, -0.15) is 26.3 Å². The van der Waals surface area contributed by atoms with Crippen molar-refractivity contribution in [2.45, 2.75) is 38.5 Å². The molecule has 3 aromatic rings. The van der Waals surface area contributed by atoms with Crippen LogP contribution in [0.1, 0.15) is 36.1 Å². The Hall–Kier alpha value is -3.76. The van der Waals surface area contributed by atoms with Crippen LogP contribution in [-0.2, 0) is 22.6 Å². The first kappa shape index (κ1) is 28.8. The topological polar surface area (TPSA) is 56.4 Å². The van der Waals surface area contributed by atoms with Gasteiger partial charge in [0.15, 0.2) is 0 Å². The lowest BCUT2D eigenvalue weighted by molar-refractivity contribution is -0.143. The summed E-state index contributed by atoms with van der Waals surface area (Å²) in [6, 6.07) is 9.54. The number of aryl methyl sites for hydroxylation is 1. The number of benzene rings is 2. The minimum atomic E-state index is -5.06. The second-order valence-electron chi connectivity index (χ2n) is 9.74. The number of pyridine rings is 1. The molecule has 0 spiro atoms. The Kier molecular flexibility index (Phi) is 7.46. The summed E-state index contributed by atoms with van der Waals surface area (Å²) >= 11 is 0. The lowest BCUT2D eigenvalue weighted by Gasteiger charge is -2.33. The van der Waals surface area contributed by atoms with Crippen molar-refractivity contribution in [3.8, 4) is 11.1 Å². The van der Waals surface area contributed by atoms with E-state index in [1.165, 1.54) is 27.0 Å². The molecule has 0 saturated carbocycles. The Labute approximate surface area is 215 Å². The van der Waals surface area contributed by atoms with Gasteiger partial charge in [-0.3, -0.25) is 9.59 Å². The van der Waals surface area contributed by atoms with Crippen molar-refractivity contribution in [1.29, 1.82) is 0 Å². The third kappa shape index (κ3) is 5.56. The SMILES string of the molecule is Cc1ccccc1-c1cc(=O)[nH]c(N(C)C)c1N(C)C(=O)C(C)(C)c1cc(C(F)(F)F)cc(C(F)(F)F)c1. The van der Waals surface area contributed by atoms with Gasteiger partial charge >= 0.3 is 12.4 Å². The molecule has 0 fully saturated rings. The molecule has 0 radical (unpaired) electrons. The molecule has 1 aromatic heterocycles. The van der Waals surface area contributed by atoms with Crippen molar-refractivity contribution in [3.05, 3.63) is 81.1 Å². The molecule has 0 unspecified atom stereocenters. The van der Waals surface area contributed by atoms with Crippen LogP contribution in [-0.4, -0.2) is 32.0 Å². The molecule has 1 heterocycles. The fraction of sp³-hybridized carbons (Fsp3) is 0.333. The van der Waals surface area contributed by atoms with Gasteiger partial charge in [-0.1, -0.05) is 24.3 Å². The number of amides is 1. The standard InChI is InChI=1S/C27H27F6N3O2/c1-15-9-7-8-10-19(15)20-14-21(37)34-23(35(4)5)22(20)36(6)24(38)25(2,3)16-11-17(26(28,29)30)13-18(12-16)27(31,32)33/h7-14H,1-6H3,(H,34,37). The molecule has 0 aliphatic rings. The van der Waals surface area contributed by atoms with Gasteiger partial charge in [0.25, 0.3) is 0 Å². The normalized spacial score (nSPS) is 12.4. The molecular formula is C27H27F6N3O2. The molecule has 3 rings (SSSR count). The molecule has 204 valence electrons. The first-order valence-electron chi connectivity index (χ1n) is 11.4. The molecular weight excluding hydrogens is 512 g/mol. The second-order valence-corrected chi connectivity index (χ2v) is 9.74. The van der Waals surface area contributed by atoms with Gasteiger partial charge in [0.2, 0.25) is 11.5 Å². The van der Waals surface area contributed by atoms with Crippen LogP contribution in [0.5, 0.6) is 0 Å². The summed E-state index contributed by atoms with van der Waals surface area (Å²) in [7, 11) is 4.62. The van der Waals surface area contributed by atoms with Gasteiger partial charge in [0.1, 0.15) is 5.82 Å². The quantitative estimate of drug-likeness (QED) is 0.382. The number of aromatic amines is 1. The minimum Gasteiger partial charge on any atom is -0.362 e. The third-order valence-electron chi connectivity index (χ3n) is 6.36. The zero-order valence-corrected chi connectivity index (χ0v) is 21.6. The Bertz CT molecular complexity index is 1390. The molecule has 1 amide bonds. The highest BCUT2D eigenvalue weighted by molar-refractivity contribution is 6.05. The first-order chi connectivity index (χ1) is 17.4. The summed E-state index contributed by atoms with van der Waals surface area (Å²) in [6.45, 7) is 4.33. The largest absolute Gasteiger partial charge is 0.416 e. The van der Waals surface area contributed by atoms with Crippen LogP contribution in [0.25, 0.3) is 11.1 Å². The number of nitrogens with zero attached hydrogens (tertiary/aromatic N) is 2. The van der Waals surface area contributed by atoms with E-state index >= 15 is 0 Å². The minimum absolute atomic E-state index is 0.0239. The predicted molar refractivity (Wildman–Crippen MR) is 134 cm³/mol. The Morgan fingerprint density at radius 2 is 1.29 bits per heavy atom. The van der Waals surface area contributed by atoms with Crippen molar-refractivity contribution in [1.82, 2.24) is 4.98 Å². The van der Waals surface area contributed by atoms with Gasteiger partial charge in [0, 0.05) is 32.8 Å². The zero-order valence-electron chi connectivity index (χ0n) is 21.6. The van der Waals surface area contributed by atoms with Gasteiger partial charge in [-0.05, 0) is 55.7 Å². The Balaban J connectivity index is 2.25. The average Bonchev–Trinajstić information content (AvgIpc) is 2.81. The summed E-state index contributed by atoms with van der Waals surface area (Å²) in [5, 5.41) is 0. The lowest BCUT2D eigenvalue weighted by Crippen LogP contribution is -2.43. The molecule has 5 nitrogen and oxygen atoms in total. The number of likely N-dealkylation sites (N-methyl/N-ethyl adjacent to an activating group) is 1. The number of anilines is 2. The van der Waals surface area contributed by atoms with E-state index in [2.05, 4.69) is 4.98 Å². The van der Waals surface area contributed by atoms with E-state index < -0.39 is 45.9 Å². The number of halogens is 6. The second kappa shape index (κ2) is 9.85. The van der Waals surface area contributed by atoms with Crippen molar-refractivity contribution in [2.24, 2.45) is 0 Å². The number of alkyl halides is 6. The van der Waals surface area contributed by atoms with E-state index in [0.717, 1.165) is 10.5 Å². The number of aromatic nitrogens is 1. The van der Waals surface area contributed by atoms with Crippen LogP contribution in [0, 0.1) is 6.92 Å². The summed E-state index contributed by atoms with van der Waals surface area (Å²) in [4.78, 5) is 31.8. The van der Waals surface area contributed by atoms with Crippen LogP contribution < -0.4 is 15.4 Å². The number of hydrogen-bond donors (Lipinski definition) is 1. The Morgan fingerprint density at radius 1 is 0.789 bits per heavy atom. The van der Waals surface area contributed by atoms with Gasteiger partial charge in [-0.25, -0.2) is 0 Å². The molecule has 0 atom stereocenters. The van der Waals surface area contributed by atoms with Crippen molar-refractivity contribution < 1.29 is 31.1 Å². The monoisotopic (exact) mass is 539 g/mol. The van der Waals surface area contributed by atoms with Crippen molar-refractivity contribution in [3.63, 3.8) is 0 Å². The van der Waals surface area contributed by atoms with E-state index in [4.69, 9.17) is 0 Å². The van der Waals surface area contributed by atoms with Crippen LogP contribution in [0.4, 0.5) is 37.8 Å². The molecule has 0 saturated heterocycles. The molecule has 11 heteroatoms. The van der Waals surface area contributed by atoms with Crippen LogP contribution in [0.2, 0.25) is 0 Å². The van der Waals surface area contributed by atoms with E-state index in [0.29, 0.717) is 23.3 Å². The van der Waals surface area contributed by atoms with E-state index in [-0.39, 0.29) is 17.6 Å². The molecule has 2 aromatic carbocycles. The fourth-order valence-electron chi connectivity index (χ4n) is 4.24. The van der Waals surface area contributed by atoms with Crippen LogP contribution >= 0.6 is 0 Å². The maximum atomic E-state index is 13.9. The van der Waals surface area contributed by atoms with E-state index in [9.17, 15) is 35.9 Å². The highest BCUT2D eigenvalue weighted by atomic mass is 19.4. The van der Waals surface area contributed by atoms with Crippen molar-refractivity contribution in [2.75, 3.05) is 30.9 Å². The average molecular weight is 540 g/mol. The summed E-state index contributed by atoms with van der Waals surface area (Å²) < 4.78 is 81.0. The van der Waals surface area contributed by atoms with Gasteiger partial charge < -0.3 is 14.8 Å². The molecule has 1 N–H and O–H groups in total. The van der Waals surface area contributed by atoms with Crippen molar-refractivity contribution >= 4 is 17.4 Å². The van der Waals surface area contributed by atoms with Gasteiger partial charge in [-0.15, -0.1) is 0 Å². The number of H-pyrrole nitrogens is 1. The first-order valence-corrected chi connectivity index (χ1v) is 11.4. The number of carbonyl (C=O) groups is 1. The van der Waals surface area contributed by atoms with Crippen LogP contribution in [0.15, 0.2) is 53.3 Å². The molecule has 0 aliphatic carbocycles. The maximum absolute atomic E-state index is 13.9. The Morgan fingerprint density at radius 3 is 1.76 bits per heavy atom. The number of rotatable bonds is 5. The zero-order chi connectivity index (χ0) is 28.8. The highest BCUT2D eigenvalue weighted by Gasteiger charge is 2.41.